The number of nitrogens with one attached hydrogen (secondary N) is 1. The third-order valence-corrected chi connectivity index (χ3v) is 4.79. The van der Waals surface area contributed by atoms with E-state index < -0.39 is 15.9 Å². The minimum absolute atomic E-state index is 0.112. The van der Waals surface area contributed by atoms with Crippen LogP contribution in [0.15, 0.2) is 24.3 Å². The first-order chi connectivity index (χ1) is 11.1. The van der Waals surface area contributed by atoms with E-state index in [2.05, 4.69) is 5.32 Å². The van der Waals surface area contributed by atoms with Crippen molar-refractivity contribution in [1.29, 1.82) is 0 Å². The molecule has 0 aliphatic heterocycles. The fraction of sp³-hybridized carbons (Fsp3) is 0.500. The van der Waals surface area contributed by atoms with Gasteiger partial charge in [0, 0.05) is 19.3 Å². The number of hydrogen-bond donors (Lipinski definition) is 1. The zero-order valence-corrected chi connectivity index (χ0v) is 15.4. The third-order valence-electron chi connectivity index (χ3n) is 3.52. The SMILES string of the molecule is CCCN(CC(=O)Nc1ccccc1C)C(=O)CN(C)S(C)(=O)=O. The Labute approximate surface area is 143 Å². The molecule has 8 heteroatoms. The highest BCUT2D eigenvalue weighted by molar-refractivity contribution is 7.88. The number of likely N-dealkylation sites (N-methyl/N-ethyl adjacent to an activating group) is 1. The molecule has 0 aliphatic rings. The number of nitrogens with zero attached hydrogens (tertiary/aromatic N) is 2. The number of anilines is 1. The zero-order chi connectivity index (χ0) is 18.3. The highest BCUT2D eigenvalue weighted by Gasteiger charge is 2.21. The molecular formula is C16H25N3O4S. The van der Waals surface area contributed by atoms with Gasteiger partial charge in [0.2, 0.25) is 21.8 Å². The van der Waals surface area contributed by atoms with E-state index in [0.29, 0.717) is 18.7 Å². The van der Waals surface area contributed by atoms with Gasteiger partial charge < -0.3 is 10.2 Å². The summed E-state index contributed by atoms with van der Waals surface area (Å²) < 4.78 is 23.8. The molecule has 0 unspecified atom stereocenters. The quantitative estimate of drug-likeness (QED) is 0.755. The van der Waals surface area contributed by atoms with E-state index in [1.54, 1.807) is 6.07 Å². The first-order valence-corrected chi connectivity index (χ1v) is 9.54. The van der Waals surface area contributed by atoms with Gasteiger partial charge in [-0.2, -0.15) is 4.31 Å². The van der Waals surface area contributed by atoms with E-state index in [1.165, 1.54) is 11.9 Å². The van der Waals surface area contributed by atoms with Crippen LogP contribution >= 0.6 is 0 Å². The van der Waals surface area contributed by atoms with E-state index >= 15 is 0 Å². The normalized spacial score (nSPS) is 11.4. The molecule has 7 nitrogen and oxygen atoms in total. The summed E-state index contributed by atoms with van der Waals surface area (Å²) in [6.07, 6.45) is 1.71. The predicted octanol–water partition coefficient (Wildman–Crippen LogP) is 1.06. The van der Waals surface area contributed by atoms with E-state index in [4.69, 9.17) is 0 Å². The van der Waals surface area contributed by atoms with Crippen LogP contribution in [0.3, 0.4) is 0 Å². The summed E-state index contributed by atoms with van der Waals surface area (Å²) in [7, 11) is -2.11. The Morgan fingerprint density at radius 3 is 2.33 bits per heavy atom. The lowest BCUT2D eigenvalue weighted by Crippen LogP contribution is -2.44. The fourth-order valence-corrected chi connectivity index (χ4v) is 2.39. The molecule has 0 saturated heterocycles. The summed E-state index contributed by atoms with van der Waals surface area (Å²) in [5.74, 6) is -0.710. The summed E-state index contributed by atoms with van der Waals surface area (Å²) in [5, 5.41) is 2.77. The molecule has 2 amide bonds. The largest absolute Gasteiger partial charge is 0.332 e. The average molecular weight is 355 g/mol. The van der Waals surface area contributed by atoms with E-state index in [0.717, 1.165) is 16.1 Å². The Hall–Kier alpha value is -1.93. The number of carbonyl (C=O) groups is 2. The van der Waals surface area contributed by atoms with Crippen LogP contribution in [-0.4, -0.2) is 62.4 Å². The molecular weight excluding hydrogens is 330 g/mol. The minimum Gasteiger partial charge on any atom is -0.332 e. The smallest absolute Gasteiger partial charge is 0.244 e. The molecule has 0 fully saturated rings. The lowest BCUT2D eigenvalue weighted by Gasteiger charge is -2.24. The number of aryl methyl sites for hydroxylation is 1. The van der Waals surface area contributed by atoms with Crippen LogP contribution in [0.1, 0.15) is 18.9 Å². The van der Waals surface area contributed by atoms with Crippen LogP contribution in [-0.2, 0) is 19.6 Å². The van der Waals surface area contributed by atoms with Crippen molar-refractivity contribution in [2.24, 2.45) is 0 Å². The number of sulfonamides is 1. The number of carbonyl (C=O) groups excluding carboxylic acids is 2. The van der Waals surface area contributed by atoms with Gasteiger partial charge in [-0.3, -0.25) is 9.59 Å². The van der Waals surface area contributed by atoms with Gasteiger partial charge in [0.05, 0.1) is 19.3 Å². The fourth-order valence-electron chi connectivity index (χ4n) is 2.05. The summed E-state index contributed by atoms with van der Waals surface area (Å²) in [6, 6.07) is 7.36. The highest BCUT2D eigenvalue weighted by Crippen LogP contribution is 2.13. The Kier molecular flexibility index (Phi) is 7.37. The Balaban J connectivity index is 2.73. The molecule has 134 valence electrons. The van der Waals surface area contributed by atoms with Crippen molar-refractivity contribution in [2.75, 3.05) is 38.3 Å². The molecule has 0 saturated carbocycles. The first kappa shape index (κ1) is 20.1. The third kappa shape index (κ3) is 6.29. The standard InChI is InChI=1S/C16H25N3O4S/c1-5-10-19(16(21)12-18(3)24(4,22)23)11-15(20)17-14-9-7-6-8-13(14)2/h6-9H,5,10-12H2,1-4H3,(H,17,20). The van der Waals surface area contributed by atoms with Crippen LogP contribution in [0, 0.1) is 6.92 Å². The van der Waals surface area contributed by atoms with E-state index in [9.17, 15) is 18.0 Å². The molecule has 1 rings (SSSR count). The Bertz CT molecular complexity index is 688. The Morgan fingerprint density at radius 2 is 1.79 bits per heavy atom. The van der Waals surface area contributed by atoms with Crippen molar-refractivity contribution in [2.45, 2.75) is 20.3 Å². The van der Waals surface area contributed by atoms with Gasteiger partial charge in [-0.15, -0.1) is 0 Å². The van der Waals surface area contributed by atoms with Crippen molar-refractivity contribution >= 4 is 27.5 Å². The van der Waals surface area contributed by atoms with Crippen molar-refractivity contribution in [3.05, 3.63) is 29.8 Å². The van der Waals surface area contributed by atoms with E-state index in [-0.39, 0.29) is 19.0 Å². The van der Waals surface area contributed by atoms with Crippen molar-refractivity contribution in [3.8, 4) is 0 Å². The molecule has 1 N–H and O–H groups in total. The maximum Gasteiger partial charge on any atom is 0.244 e. The van der Waals surface area contributed by atoms with E-state index in [1.807, 2.05) is 32.0 Å². The number of amides is 2. The monoisotopic (exact) mass is 355 g/mol. The maximum atomic E-state index is 12.3. The van der Waals surface area contributed by atoms with Crippen LogP contribution in [0.2, 0.25) is 0 Å². The minimum atomic E-state index is -3.44. The summed E-state index contributed by atoms with van der Waals surface area (Å²) in [4.78, 5) is 25.9. The topological polar surface area (TPSA) is 86.8 Å². The first-order valence-electron chi connectivity index (χ1n) is 7.69. The molecule has 0 bridgehead atoms. The lowest BCUT2D eigenvalue weighted by molar-refractivity contribution is -0.134. The molecule has 1 aromatic carbocycles. The zero-order valence-electron chi connectivity index (χ0n) is 14.6. The Morgan fingerprint density at radius 1 is 1.17 bits per heavy atom. The van der Waals surface area contributed by atoms with Crippen LogP contribution in [0.5, 0.6) is 0 Å². The second-order valence-corrected chi connectivity index (χ2v) is 7.79. The molecule has 0 atom stereocenters. The van der Waals surface area contributed by atoms with Gasteiger partial charge in [-0.1, -0.05) is 25.1 Å². The van der Waals surface area contributed by atoms with Crippen LogP contribution in [0.25, 0.3) is 0 Å². The molecule has 0 aliphatic carbocycles. The van der Waals surface area contributed by atoms with Crippen LogP contribution in [0.4, 0.5) is 5.69 Å². The predicted molar refractivity (Wildman–Crippen MR) is 94.2 cm³/mol. The number of hydrogen-bond acceptors (Lipinski definition) is 4. The molecule has 0 spiro atoms. The van der Waals surface area contributed by atoms with Gasteiger partial charge in [0.25, 0.3) is 0 Å². The van der Waals surface area contributed by atoms with Gasteiger partial charge in [0.15, 0.2) is 0 Å². The summed E-state index contributed by atoms with van der Waals surface area (Å²) in [5.41, 5.74) is 1.62. The van der Waals surface area contributed by atoms with Gasteiger partial charge in [-0.25, -0.2) is 8.42 Å². The number of benzene rings is 1. The molecule has 1 aromatic rings. The van der Waals surface area contributed by atoms with Gasteiger partial charge in [0.1, 0.15) is 0 Å². The average Bonchev–Trinajstić information content (AvgIpc) is 2.48. The summed E-state index contributed by atoms with van der Waals surface area (Å²) >= 11 is 0. The van der Waals surface area contributed by atoms with Crippen molar-refractivity contribution < 1.29 is 18.0 Å². The van der Waals surface area contributed by atoms with Gasteiger partial charge >= 0.3 is 0 Å². The summed E-state index contributed by atoms with van der Waals surface area (Å²) in [6.45, 7) is 3.76. The molecule has 24 heavy (non-hydrogen) atoms. The number of rotatable bonds is 8. The molecule has 0 radical (unpaired) electrons. The lowest BCUT2D eigenvalue weighted by atomic mass is 10.2. The maximum absolute atomic E-state index is 12.3. The van der Waals surface area contributed by atoms with Crippen molar-refractivity contribution in [1.82, 2.24) is 9.21 Å². The molecule has 0 aromatic heterocycles. The molecule has 0 heterocycles. The second kappa shape index (κ2) is 8.79. The van der Waals surface area contributed by atoms with Crippen LogP contribution < -0.4 is 5.32 Å². The highest BCUT2D eigenvalue weighted by atomic mass is 32.2. The van der Waals surface area contributed by atoms with Gasteiger partial charge in [-0.05, 0) is 25.0 Å². The number of para-hydroxylation sites is 1. The van der Waals surface area contributed by atoms with Crippen molar-refractivity contribution in [3.63, 3.8) is 0 Å². The second-order valence-electron chi connectivity index (χ2n) is 5.70.